The van der Waals surface area contributed by atoms with Gasteiger partial charge in [-0.2, -0.15) is 0 Å². The molecule has 0 aromatic heterocycles. The highest BCUT2D eigenvalue weighted by Gasteiger charge is 2.37. The van der Waals surface area contributed by atoms with Gasteiger partial charge in [0, 0.05) is 0 Å². The number of benzene rings is 2. The average Bonchev–Trinajstić information content (AvgIpc) is 2.97. The molecule has 1 fully saturated rings. The van der Waals surface area contributed by atoms with E-state index in [1.807, 2.05) is 23.1 Å². The van der Waals surface area contributed by atoms with Gasteiger partial charge in [0.2, 0.25) is 5.91 Å². The maximum absolute atomic E-state index is 12.3. The Hall–Kier alpha value is -2.33. The summed E-state index contributed by atoms with van der Waals surface area (Å²) < 4.78 is 0. The molecule has 1 amide bonds. The number of amidine groups is 1. The van der Waals surface area contributed by atoms with Crippen LogP contribution in [0.15, 0.2) is 65.7 Å². The number of carbonyl (C=O) groups is 1. The van der Waals surface area contributed by atoms with E-state index < -0.39 is 0 Å². The molecule has 2 aromatic rings. The lowest BCUT2D eigenvalue weighted by Crippen LogP contribution is -2.34. The summed E-state index contributed by atoms with van der Waals surface area (Å²) in [5, 5.41) is 0.807. The minimum atomic E-state index is -0.0810. The molecule has 0 radical (unpaired) electrons. The molecule has 2 aliphatic rings. The van der Waals surface area contributed by atoms with Crippen molar-refractivity contribution in [2.75, 3.05) is 5.75 Å². The van der Waals surface area contributed by atoms with E-state index in [2.05, 4.69) is 49.4 Å². The van der Waals surface area contributed by atoms with Crippen LogP contribution in [0.5, 0.6) is 0 Å². The third-order valence-corrected chi connectivity index (χ3v) is 5.04. The van der Waals surface area contributed by atoms with E-state index in [1.165, 1.54) is 17.3 Å². The van der Waals surface area contributed by atoms with Crippen LogP contribution in [-0.4, -0.2) is 21.7 Å². The Morgan fingerprint density at radius 1 is 1.09 bits per heavy atom. The zero-order valence-corrected chi connectivity index (χ0v) is 13.6. The molecule has 1 atom stereocenters. The Kier molecular flexibility index (Phi) is 3.54. The largest absolute Gasteiger partial charge is 0.279 e. The van der Waals surface area contributed by atoms with Gasteiger partial charge < -0.3 is 0 Å². The van der Waals surface area contributed by atoms with Crippen molar-refractivity contribution in [3.05, 3.63) is 77.4 Å². The molecule has 1 saturated heterocycles. The summed E-state index contributed by atoms with van der Waals surface area (Å²) in [5.74, 6) is 0.596. The Balaban J connectivity index is 1.81. The molecule has 4 heteroatoms. The standard InChI is InChI=1S/C19H16N2OS/c1-13-7-9-14(10-8-13)16-11-17(15-5-3-2-4-6-15)21-18(22)12-23-19(21)20-16/h2-11,17H,12H2,1H3. The van der Waals surface area contributed by atoms with Crippen LogP contribution in [-0.2, 0) is 4.79 Å². The number of hydrogen-bond donors (Lipinski definition) is 0. The van der Waals surface area contributed by atoms with Crippen LogP contribution in [0.25, 0.3) is 5.70 Å². The fourth-order valence-electron chi connectivity index (χ4n) is 2.88. The maximum atomic E-state index is 12.3. The van der Waals surface area contributed by atoms with Gasteiger partial charge in [-0.25, -0.2) is 4.99 Å². The number of hydrogen-bond acceptors (Lipinski definition) is 3. The van der Waals surface area contributed by atoms with Gasteiger partial charge in [-0.15, -0.1) is 0 Å². The van der Waals surface area contributed by atoms with Crippen molar-refractivity contribution in [2.45, 2.75) is 13.0 Å². The fourth-order valence-corrected chi connectivity index (χ4v) is 3.79. The molecule has 0 aliphatic carbocycles. The summed E-state index contributed by atoms with van der Waals surface area (Å²) in [7, 11) is 0. The van der Waals surface area contributed by atoms with Crippen LogP contribution >= 0.6 is 11.8 Å². The molecule has 2 heterocycles. The molecule has 1 unspecified atom stereocenters. The number of fused-ring (bicyclic) bond motifs is 1. The predicted octanol–water partition coefficient (Wildman–Crippen LogP) is 4.02. The minimum absolute atomic E-state index is 0.0810. The van der Waals surface area contributed by atoms with E-state index >= 15 is 0 Å². The summed E-state index contributed by atoms with van der Waals surface area (Å²) in [6.45, 7) is 2.07. The fraction of sp³-hybridized carbons (Fsp3) is 0.158. The van der Waals surface area contributed by atoms with Crippen LogP contribution in [0.3, 0.4) is 0 Å². The van der Waals surface area contributed by atoms with Crippen molar-refractivity contribution >= 4 is 28.5 Å². The van der Waals surface area contributed by atoms with Crippen molar-refractivity contribution in [1.82, 2.24) is 4.90 Å². The van der Waals surface area contributed by atoms with Crippen molar-refractivity contribution in [1.29, 1.82) is 0 Å². The quantitative estimate of drug-likeness (QED) is 0.837. The predicted molar refractivity (Wildman–Crippen MR) is 95.1 cm³/mol. The molecular weight excluding hydrogens is 304 g/mol. The summed E-state index contributed by atoms with van der Waals surface area (Å²) in [4.78, 5) is 18.8. The van der Waals surface area contributed by atoms with Crippen molar-refractivity contribution in [3.63, 3.8) is 0 Å². The first kappa shape index (κ1) is 14.3. The molecule has 23 heavy (non-hydrogen) atoms. The molecule has 0 bridgehead atoms. The number of thioether (sulfide) groups is 1. The van der Waals surface area contributed by atoms with Crippen LogP contribution in [0, 0.1) is 6.92 Å². The Labute approximate surface area is 139 Å². The topological polar surface area (TPSA) is 32.7 Å². The van der Waals surface area contributed by atoms with E-state index in [0.29, 0.717) is 5.75 Å². The number of nitrogens with zero attached hydrogens (tertiary/aromatic N) is 2. The molecule has 0 saturated carbocycles. The van der Waals surface area contributed by atoms with Gasteiger partial charge in [-0.05, 0) is 24.1 Å². The second kappa shape index (κ2) is 5.70. The van der Waals surface area contributed by atoms with Crippen LogP contribution in [0.2, 0.25) is 0 Å². The Bertz CT molecular complexity index is 809. The van der Waals surface area contributed by atoms with Gasteiger partial charge in [0.15, 0.2) is 5.17 Å². The lowest BCUT2D eigenvalue weighted by Gasteiger charge is -2.29. The monoisotopic (exact) mass is 320 g/mol. The molecule has 4 rings (SSSR count). The van der Waals surface area contributed by atoms with Crippen LogP contribution < -0.4 is 0 Å². The average molecular weight is 320 g/mol. The molecule has 0 N–H and O–H groups in total. The first-order valence-electron chi connectivity index (χ1n) is 7.60. The number of rotatable bonds is 2. The third-order valence-electron chi connectivity index (χ3n) is 4.10. The van der Waals surface area contributed by atoms with Gasteiger partial charge in [0.1, 0.15) is 0 Å². The second-order valence-electron chi connectivity index (χ2n) is 5.72. The summed E-state index contributed by atoms with van der Waals surface area (Å²) in [6.07, 6.45) is 2.09. The van der Waals surface area contributed by atoms with Crippen molar-refractivity contribution in [3.8, 4) is 0 Å². The highest BCUT2D eigenvalue weighted by molar-refractivity contribution is 8.15. The lowest BCUT2D eigenvalue weighted by atomic mass is 10.0. The Morgan fingerprint density at radius 3 is 2.57 bits per heavy atom. The zero-order valence-electron chi connectivity index (χ0n) is 12.8. The first-order chi connectivity index (χ1) is 11.2. The lowest BCUT2D eigenvalue weighted by molar-refractivity contribution is -0.125. The van der Waals surface area contributed by atoms with Crippen LogP contribution in [0.1, 0.15) is 22.7 Å². The third kappa shape index (κ3) is 2.59. The molecule has 2 aliphatic heterocycles. The number of amides is 1. The van der Waals surface area contributed by atoms with Crippen LogP contribution in [0.4, 0.5) is 0 Å². The van der Waals surface area contributed by atoms with Gasteiger partial charge in [-0.1, -0.05) is 71.9 Å². The first-order valence-corrected chi connectivity index (χ1v) is 8.58. The van der Waals surface area contributed by atoms with Gasteiger partial charge >= 0.3 is 0 Å². The van der Waals surface area contributed by atoms with Gasteiger partial charge in [0.25, 0.3) is 0 Å². The van der Waals surface area contributed by atoms with E-state index in [9.17, 15) is 4.79 Å². The molecule has 114 valence electrons. The van der Waals surface area contributed by atoms with E-state index in [-0.39, 0.29) is 11.9 Å². The number of aryl methyl sites for hydroxylation is 1. The highest BCUT2D eigenvalue weighted by atomic mass is 32.2. The summed E-state index contributed by atoms with van der Waals surface area (Å²) in [5.41, 5.74) is 4.36. The second-order valence-corrected chi connectivity index (χ2v) is 6.66. The number of aliphatic imine (C=N–C) groups is 1. The molecule has 2 aromatic carbocycles. The van der Waals surface area contributed by atoms with Crippen molar-refractivity contribution in [2.24, 2.45) is 4.99 Å². The normalized spacial score (nSPS) is 20.1. The van der Waals surface area contributed by atoms with E-state index in [0.717, 1.165) is 22.0 Å². The maximum Gasteiger partial charge on any atom is 0.239 e. The zero-order chi connectivity index (χ0) is 15.8. The van der Waals surface area contributed by atoms with Gasteiger partial charge in [-0.3, -0.25) is 9.69 Å². The molecule has 0 spiro atoms. The molecule has 3 nitrogen and oxygen atoms in total. The van der Waals surface area contributed by atoms with E-state index in [4.69, 9.17) is 4.99 Å². The van der Waals surface area contributed by atoms with Crippen molar-refractivity contribution < 1.29 is 4.79 Å². The smallest absolute Gasteiger partial charge is 0.239 e. The van der Waals surface area contributed by atoms with Gasteiger partial charge in [0.05, 0.1) is 17.5 Å². The SMILES string of the molecule is Cc1ccc(C2=CC(c3ccccc3)N3C(=O)CSC3=N2)cc1. The number of carbonyl (C=O) groups excluding carboxylic acids is 1. The Morgan fingerprint density at radius 2 is 1.83 bits per heavy atom. The minimum Gasteiger partial charge on any atom is -0.279 e. The summed E-state index contributed by atoms with van der Waals surface area (Å²) >= 11 is 1.52. The van der Waals surface area contributed by atoms with E-state index in [1.54, 1.807) is 0 Å². The summed E-state index contributed by atoms with van der Waals surface area (Å²) in [6, 6.07) is 18.4. The molecular formula is C19H16N2OS. The highest BCUT2D eigenvalue weighted by Crippen LogP contribution is 2.38.